The van der Waals surface area contributed by atoms with Crippen molar-refractivity contribution in [3.8, 4) is 6.07 Å². The monoisotopic (exact) mass is 321 g/mol. The zero-order valence-corrected chi connectivity index (χ0v) is 13.5. The number of nitrogens with two attached hydrogens (primary N) is 1. The van der Waals surface area contributed by atoms with E-state index in [4.69, 9.17) is 0 Å². The predicted molar refractivity (Wildman–Crippen MR) is 84.6 cm³/mol. The molecule has 2 rings (SSSR count). The van der Waals surface area contributed by atoms with Gasteiger partial charge in [0.15, 0.2) is 6.54 Å². The van der Waals surface area contributed by atoms with Gasteiger partial charge in [-0.05, 0) is 31.2 Å². The highest BCUT2D eigenvalue weighted by Gasteiger charge is 2.21. The molecule has 2 amide bonds. The van der Waals surface area contributed by atoms with Crippen LogP contribution in [0.2, 0.25) is 0 Å². The number of nitriles is 1. The molecular weight excluding hydrogens is 300 g/mol. The maximum Gasteiger partial charge on any atom is 0.274 e. The third kappa shape index (κ3) is 4.06. The number of fused-ring (bicyclic) bond motifs is 1. The first-order valence-corrected chi connectivity index (χ1v) is 8.34. The first-order chi connectivity index (χ1) is 10.7. The van der Waals surface area contributed by atoms with E-state index in [9.17, 15) is 14.9 Å². The third-order valence-corrected chi connectivity index (χ3v) is 4.93. The van der Waals surface area contributed by atoms with Crippen LogP contribution in [-0.2, 0) is 22.4 Å². The van der Waals surface area contributed by atoms with Crippen molar-refractivity contribution in [2.45, 2.75) is 32.1 Å². The molecule has 0 saturated carbocycles. The van der Waals surface area contributed by atoms with Gasteiger partial charge >= 0.3 is 0 Å². The Labute approximate surface area is 133 Å². The lowest BCUT2D eigenvalue weighted by Gasteiger charge is -2.09. The molecule has 1 aliphatic rings. The van der Waals surface area contributed by atoms with Crippen LogP contribution in [0.25, 0.3) is 0 Å². The van der Waals surface area contributed by atoms with Crippen LogP contribution in [0.5, 0.6) is 0 Å². The fraction of sp³-hybridized carbons (Fsp3) is 0.533. The minimum absolute atomic E-state index is 0.0573. The number of nitrogens with one attached hydrogen (secondary N) is 2. The quantitative estimate of drug-likeness (QED) is 0.650. The Kier molecular flexibility index (Phi) is 5.92. The maximum atomic E-state index is 12.0. The van der Waals surface area contributed by atoms with Crippen LogP contribution < -0.4 is 16.0 Å². The number of carbonyl (C=O) groups is 2. The van der Waals surface area contributed by atoms with E-state index < -0.39 is 0 Å². The van der Waals surface area contributed by atoms with Gasteiger partial charge in [0.2, 0.25) is 5.91 Å². The van der Waals surface area contributed by atoms with Crippen molar-refractivity contribution in [1.29, 1.82) is 5.26 Å². The summed E-state index contributed by atoms with van der Waals surface area (Å²) >= 11 is 1.53. The largest absolute Gasteiger partial charge is 0.354 e. The van der Waals surface area contributed by atoms with Crippen LogP contribution in [0, 0.1) is 11.3 Å². The Balaban J connectivity index is 1.88. The molecule has 4 N–H and O–H groups in total. The molecule has 0 fully saturated rings. The summed E-state index contributed by atoms with van der Waals surface area (Å²) in [4.78, 5) is 24.3. The van der Waals surface area contributed by atoms with Crippen LogP contribution in [0.1, 0.15) is 35.3 Å². The molecule has 0 unspecified atom stereocenters. The van der Waals surface area contributed by atoms with Gasteiger partial charge in [-0.1, -0.05) is 0 Å². The number of hydrogen-bond acceptors (Lipinski definition) is 4. The highest BCUT2D eigenvalue weighted by Crippen LogP contribution is 2.37. The van der Waals surface area contributed by atoms with Gasteiger partial charge in [0.1, 0.15) is 11.1 Å². The fourth-order valence-electron chi connectivity index (χ4n) is 2.53. The van der Waals surface area contributed by atoms with E-state index >= 15 is 0 Å². The maximum absolute atomic E-state index is 12.0. The highest BCUT2D eigenvalue weighted by molar-refractivity contribution is 7.16. The Hall–Kier alpha value is -1.91. The normalized spacial score (nSPS) is 13.1. The van der Waals surface area contributed by atoms with Crippen molar-refractivity contribution in [2.24, 2.45) is 0 Å². The van der Waals surface area contributed by atoms with Crippen molar-refractivity contribution >= 4 is 28.2 Å². The smallest absolute Gasteiger partial charge is 0.274 e. The number of quaternary nitrogens is 1. The van der Waals surface area contributed by atoms with Crippen LogP contribution in [-0.4, -0.2) is 32.0 Å². The number of anilines is 1. The fourth-order valence-corrected chi connectivity index (χ4v) is 3.79. The second-order valence-electron chi connectivity index (χ2n) is 5.28. The second-order valence-corrected chi connectivity index (χ2v) is 6.38. The van der Waals surface area contributed by atoms with Crippen LogP contribution in [0.15, 0.2) is 0 Å². The SMILES string of the molecule is CNC(=O)C[NH2+]CCC(=O)Nc1sc2c(c1C#N)CCCC2. The molecule has 0 atom stereocenters. The van der Waals surface area contributed by atoms with Crippen LogP contribution in [0.3, 0.4) is 0 Å². The Morgan fingerprint density at radius 2 is 2.09 bits per heavy atom. The number of nitrogens with zero attached hydrogens (tertiary/aromatic N) is 1. The minimum atomic E-state index is -0.108. The van der Waals surface area contributed by atoms with Crippen molar-refractivity contribution in [3.63, 3.8) is 0 Å². The van der Waals surface area contributed by atoms with Crippen molar-refractivity contribution in [3.05, 3.63) is 16.0 Å². The molecule has 22 heavy (non-hydrogen) atoms. The molecule has 6 nitrogen and oxygen atoms in total. The van der Waals surface area contributed by atoms with E-state index in [0.29, 0.717) is 30.1 Å². The summed E-state index contributed by atoms with van der Waals surface area (Å²) in [6.07, 6.45) is 4.53. The molecule has 0 radical (unpaired) electrons. The van der Waals surface area contributed by atoms with Gasteiger partial charge in [-0.15, -0.1) is 11.3 Å². The molecule has 118 valence electrons. The lowest BCUT2D eigenvalue weighted by molar-refractivity contribution is -0.642. The minimum Gasteiger partial charge on any atom is -0.354 e. The van der Waals surface area contributed by atoms with Crippen LogP contribution >= 0.6 is 11.3 Å². The average molecular weight is 321 g/mol. The molecule has 0 bridgehead atoms. The van der Waals surface area contributed by atoms with Gasteiger partial charge in [-0.2, -0.15) is 5.26 Å². The summed E-state index contributed by atoms with van der Waals surface area (Å²) in [5, 5.41) is 17.2. The number of hydrogen-bond donors (Lipinski definition) is 3. The summed E-state index contributed by atoms with van der Waals surface area (Å²) in [5.74, 6) is -0.165. The molecule has 0 aromatic carbocycles. The molecule has 0 aliphatic heterocycles. The van der Waals surface area contributed by atoms with Crippen molar-refractivity contribution in [1.82, 2.24) is 5.32 Å². The first-order valence-electron chi connectivity index (χ1n) is 7.52. The first kappa shape index (κ1) is 16.5. The number of carbonyl (C=O) groups excluding carboxylic acids is 2. The van der Waals surface area contributed by atoms with E-state index in [1.807, 2.05) is 0 Å². The lowest BCUT2D eigenvalue weighted by Crippen LogP contribution is -2.86. The zero-order chi connectivity index (χ0) is 15.9. The zero-order valence-electron chi connectivity index (χ0n) is 12.7. The van der Waals surface area contributed by atoms with Gasteiger partial charge in [0.05, 0.1) is 18.5 Å². The number of aryl methyl sites for hydroxylation is 1. The number of thiophene rings is 1. The predicted octanol–water partition coefficient (Wildman–Crippen LogP) is 0.137. The van der Waals surface area contributed by atoms with Gasteiger partial charge in [0.25, 0.3) is 5.91 Å². The second kappa shape index (κ2) is 7.92. The lowest BCUT2D eigenvalue weighted by atomic mass is 9.96. The molecule has 7 heteroatoms. The molecular formula is C15H21N4O2S+. The third-order valence-electron chi connectivity index (χ3n) is 3.72. The Morgan fingerprint density at radius 1 is 1.32 bits per heavy atom. The van der Waals surface area contributed by atoms with Gasteiger partial charge in [0, 0.05) is 11.9 Å². The molecule has 1 aromatic heterocycles. The standard InChI is InChI=1S/C15H20N4O2S/c1-17-14(21)9-18-7-6-13(20)19-15-11(8-16)10-4-2-3-5-12(10)22-15/h18H,2-7,9H2,1H3,(H,17,21)(H,19,20)/p+1. The summed E-state index contributed by atoms with van der Waals surface area (Å²) in [5.41, 5.74) is 1.77. The van der Waals surface area contributed by atoms with Crippen molar-refractivity contribution in [2.75, 3.05) is 25.5 Å². The topological polar surface area (TPSA) is 98.6 Å². The summed E-state index contributed by atoms with van der Waals surface area (Å²) in [6.45, 7) is 0.868. The summed E-state index contributed by atoms with van der Waals surface area (Å²) < 4.78 is 0. The van der Waals surface area contributed by atoms with E-state index in [0.717, 1.165) is 31.2 Å². The van der Waals surface area contributed by atoms with E-state index in [1.165, 1.54) is 16.2 Å². The summed E-state index contributed by atoms with van der Waals surface area (Å²) in [6, 6.07) is 2.23. The number of amides is 2. The van der Waals surface area contributed by atoms with Gasteiger partial charge in [-0.3, -0.25) is 9.59 Å². The summed E-state index contributed by atoms with van der Waals surface area (Å²) in [7, 11) is 1.59. The van der Waals surface area contributed by atoms with E-state index in [2.05, 4.69) is 16.7 Å². The number of rotatable bonds is 6. The van der Waals surface area contributed by atoms with Crippen LogP contribution in [0.4, 0.5) is 5.00 Å². The Bertz CT molecular complexity index is 603. The average Bonchev–Trinajstić information content (AvgIpc) is 2.88. The van der Waals surface area contributed by atoms with Gasteiger partial charge in [-0.25, -0.2) is 0 Å². The highest BCUT2D eigenvalue weighted by atomic mass is 32.1. The van der Waals surface area contributed by atoms with E-state index in [1.54, 1.807) is 12.4 Å². The Morgan fingerprint density at radius 3 is 2.82 bits per heavy atom. The van der Waals surface area contributed by atoms with Crippen molar-refractivity contribution < 1.29 is 14.9 Å². The molecule has 1 heterocycles. The molecule has 1 aliphatic carbocycles. The molecule has 0 saturated heterocycles. The van der Waals surface area contributed by atoms with Gasteiger partial charge < -0.3 is 16.0 Å². The molecule has 0 spiro atoms. The number of likely N-dealkylation sites (N-methyl/N-ethyl adjacent to an activating group) is 1. The van der Waals surface area contributed by atoms with E-state index in [-0.39, 0.29) is 11.8 Å². The molecule has 1 aromatic rings.